The van der Waals surface area contributed by atoms with Crippen molar-refractivity contribution in [3.8, 4) is 0 Å². The van der Waals surface area contributed by atoms with E-state index in [4.69, 9.17) is 5.73 Å². The van der Waals surface area contributed by atoms with Crippen LogP contribution in [-0.4, -0.2) is 31.6 Å². The Morgan fingerprint density at radius 2 is 1.89 bits per heavy atom. The summed E-state index contributed by atoms with van der Waals surface area (Å²) in [7, 11) is 2.22. The van der Waals surface area contributed by atoms with E-state index in [1.165, 1.54) is 37.1 Å². The fraction of sp³-hybridized carbons (Fsp3) is 0.625. The second-order valence-corrected chi connectivity index (χ2v) is 6.18. The molecular formula is C16H25N3. The number of hydrogen-bond acceptors (Lipinski definition) is 3. The molecule has 3 nitrogen and oxygen atoms in total. The van der Waals surface area contributed by atoms with Gasteiger partial charge in [-0.3, -0.25) is 0 Å². The topological polar surface area (TPSA) is 41.3 Å². The average molecular weight is 259 g/mol. The van der Waals surface area contributed by atoms with Crippen molar-refractivity contribution in [2.75, 3.05) is 26.7 Å². The zero-order chi connectivity index (χ0) is 13.2. The summed E-state index contributed by atoms with van der Waals surface area (Å²) >= 11 is 0. The summed E-state index contributed by atoms with van der Waals surface area (Å²) in [6, 6.07) is 9.31. The third-order valence-electron chi connectivity index (χ3n) is 4.75. The highest BCUT2D eigenvalue weighted by Crippen LogP contribution is 2.37. The van der Waals surface area contributed by atoms with Crippen molar-refractivity contribution in [3.05, 3.63) is 35.4 Å². The van der Waals surface area contributed by atoms with Gasteiger partial charge in [-0.05, 0) is 63.0 Å². The van der Waals surface area contributed by atoms with Gasteiger partial charge in [0.15, 0.2) is 0 Å². The predicted molar refractivity (Wildman–Crippen MR) is 79.0 cm³/mol. The van der Waals surface area contributed by atoms with E-state index < -0.39 is 0 Å². The Morgan fingerprint density at radius 1 is 1.21 bits per heavy atom. The summed E-state index contributed by atoms with van der Waals surface area (Å²) in [5, 5.41) is 3.75. The van der Waals surface area contributed by atoms with Crippen molar-refractivity contribution < 1.29 is 0 Å². The zero-order valence-corrected chi connectivity index (χ0v) is 11.8. The molecule has 1 saturated heterocycles. The fourth-order valence-electron chi connectivity index (χ4n) is 3.44. The largest absolute Gasteiger partial charge is 0.324 e. The van der Waals surface area contributed by atoms with Gasteiger partial charge in [-0.15, -0.1) is 0 Å². The van der Waals surface area contributed by atoms with E-state index in [-0.39, 0.29) is 6.04 Å². The minimum Gasteiger partial charge on any atom is -0.324 e. The number of rotatable bonds is 3. The number of fused-ring (bicyclic) bond motifs is 1. The maximum atomic E-state index is 6.22. The summed E-state index contributed by atoms with van der Waals surface area (Å²) in [6.45, 7) is 3.62. The number of hydrogen-bond donors (Lipinski definition) is 2. The van der Waals surface area contributed by atoms with Crippen molar-refractivity contribution in [1.29, 1.82) is 0 Å². The Bertz CT molecular complexity index is 424. The molecule has 3 rings (SSSR count). The molecule has 2 aliphatic rings. The highest BCUT2D eigenvalue weighted by Gasteiger charge is 2.28. The SMILES string of the molecule is CN1CCC(CNC2CC(N)c3ccccc32)CC1. The van der Waals surface area contributed by atoms with E-state index in [0.717, 1.165) is 18.9 Å². The van der Waals surface area contributed by atoms with Crippen molar-refractivity contribution in [2.24, 2.45) is 11.7 Å². The standard InChI is InChI=1S/C16H25N3/c1-19-8-6-12(7-9-19)11-18-16-10-15(17)13-4-2-3-5-14(13)16/h2-5,12,15-16,18H,6-11,17H2,1H3. The summed E-state index contributed by atoms with van der Waals surface area (Å²) < 4.78 is 0. The Kier molecular flexibility index (Phi) is 3.87. The van der Waals surface area contributed by atoms with Gasteiger partial charge in [-0.2, -0.15) is 0 Å². The van der Waals surface area contributed by atoms with E-state index in [9.17, 15) is 0 Å². The fourth-order valence-corrected chi connectivity index (χ4v) is 3.44. The lowest BCUT2D eigenvalue weighted by Crippen LogP contribution is -2.35. The summed E-state index contributed by atoms with van der Waals surface area (Å²) in [5.41, 5.74) is 8.97. The molecule has 1 aromatic carbocycles. The van der Waals surface area contributed by atoms with Gasteiger partial charge in [0.25, 0.3) is 0 Å². The van der Waals surface area contributed by atoms with Crippen LogP contribution in [0.1, 0.15) is 42.5 Å². The molecule has 3 heteroatoms. The Labute approximate surface area is 116 Å². The van der Waals surface area contributed by atoms with Crippen molar-refractivity contribution in [3.63, 3.8) is 0 Å². The third-order valence-corrected chi connectivity index (χ3v) is 4.75. The maximum absolute atomic E-state index is 6.22. The first-order valence-electron chi connectivity index (χ1n) is 7.50. The number of nitrogens with two attached hydrogens (primary N) is 1. The predicted octanol–water partition coefficient (Wildman–Crippen LogP) is 2.06. The molecule has 3 N–H and O–H groups in total. The molecule has 104 valence electrons. The van der Waals surface area contributed by atoms with Crippen molar-refractivity contribution >= 4 is 0 Å². The monoisotopic (exact) mass is 259 g/mol. The van der Waals surface area contributed by atoms with E-state index >= 15 is 0 Å². The third kappa shape index (κ3) is 2.83. The highest BCUT2D eigenvalue weighted by molar-refractivity contribution is 5.37. The molecule has 19 heavy (non-hydrogen) atoms. The van der Waals surface area contributed by atoms with Crippen LogP contribution in [-0.2, 0) is 0 Å². The first kappa shape index (κ1) is 13.1. The van der Waals surface area contributed by atoms with Gasteiger partial charge in [0, 0.05) is 12.1 Å². The summed E-state index contributed by atoms with van der Waals surface area (Å²) in [4.78, 5) is 2.43. The van der Waals surface area contributed by atoms with Gasteiger partial charge in [0.1, 0.15) is 0 Å². The number of benzene rings is 1. The molecule has 1 heterocycles. The van der Waals surface area contributed by atoms with Crippen LogP contribution in [0.2, 0.25) is 0 Å². The van der Waals surface area contributed by atoms with Gasteiger partial charge in [-0.1, -0.05) is 24.3 Å². The molecule has 0 radical (unpaired) electrons. The first-order chi connectivity index (χ1) is 9.24. The number of nitrogens with zero attached hydrogens (tertiary/aromatic N) is 1. The normalized spacial score (nSPS) is 28.5. The van der Waals surface area contributed by atoms with E-state index in [0.29, 0.717) is 6.04 Å². The molecule has 0 saturated carbocycles. The summed E-state index contributed by atoms with van der Waals surface area (Å²) in [5.74, 6) is 0.834. The molecule has 0 aromatic heterocycles. The molecule has 0 amide bonds. The van der Waals surface area contributed by atoms with Crippen LogP contribution in [0.25, 0.3) is 0 Å². The molecule has 1 aromatic rings. The summed E-state index contributed by atoms with van der Waals surface area (Å²) in [6.07, 6.45) is 3.69. The quantitative estimate of drug-likeness (QED) is 0.873. The minimum atomic E-state index is 0.214. The number of nitrogens with one attached hydrogen (secondary N) is 1. The molecule has 1 aliphatic heterocycles. The Hall–Kier alpha value is -0.900. The van der Waals surface area contributed by atoms with E-state index in [1.54, 1.807) is 0 Å². The van der Waals surface area contributed by atoms with Crippen LogP contribution in [0.3, 0.4) is 0 Å². The van der Waals surface area contributed by atoms with Crippen LogP contribution in [0, 0.1) is 5.92 Å². The van der Waals surface area contributed by atoms with Gasteiger partial charge < -0.3 is 16.0 Å². The lowest BCUT2D eigenvalue weighted by atomic mass is 9.96. The van der Waals surface area contributed by atoms with Gasteiger partial charge in [0.05, 0.1) is 0 Å². The molecular weight excluding hydrogens is 234 g/mol. The second-order valence-electron chi connectivity index (χ2n) is 6.18. The van der Waals surface area contributed by atoms with Gasteiger partial charge in [-0.25, -0.2) is 0 Å². The average Bonchev–Trinajstić information content (AvgIpc) is 2.76. The van der Waals surface area contributed by atoms with Crippen LogP contribution in [0.5, 0.6) is 0 Å². The van der Waals surface area contributed by atoms with E-state index in [2.05, 4.69) is 41.5 Å². The molecule has 1 aliphatic carbocycles. The zero-order valence-electron chi connectivity index (χ0n) is 11.8. The van der Waals surface area contributed by atoms with Gasteiger partial charge >= 0.3 is 0 Å². The second kappa shape index (κ2) is 5.61. The van der Waals surface area contributed by atoms with Crippen LogP contribution < -0.4 is 11.1 Å². The first-order valence-corrected chi connectivity index (χ1v) is 7.50. The van der Waals surface area contributed by atoms with Gasteiger partial charge in [0.2, 0.25) is 0 Å². The molecule has 2 unspecified atom stereocenters. The number of piperidine rings is 1. The van der Waals surface area contributed by atoms with Crippen LogP contribution in [0.15, 0.2) is 24.3 Å². The lowest BCUT2D eigenvalue weighted by Gasteiger charge is -2.30. The maximum Gasteiger partial charge on any atom is 0.0341 e. The van der Waals surface area contributed by atoms with Crippen LogP contribution in [0.4, 0.5) is 0 Å². The number of likely N-dealkylation sites (tertiary alicyclic amines) is 1. The Morgan fingerprint density at radius 3 is 2.63 bits per heavy atom. The highest BCUT2D eigenvalue weighted by atomic mass is 15.1. The van der Waals surface area contributed by atoms with Crippen LogP contribution >= 0.6 is 0 Å². The Balaban J connectivity index is 1.57. The van der Waals surface area contributed by atoms with Crippen molar-refractivity contribution in [2.45, 2.75) is 31.3 Å². The molecule has 1 fully saturated rings. The lowest BCUT2D eigenvalue weighted by molar-refractivity contribution is 0.212. The molecule has 0 bridgehead atoms. The van der Waals surface area contributed by atoms with E-state index in [1.807, 2.05) is 0 Å². The minimum absolute atomic E-state index is 0.214. The molecule has 2 atom stereocenters. The smallest absolute Gasteiger partial charge is 0.0341 e. The van der Waals surface area contributed by atoms with Crippen molar-refractivity contribution in [1.82, 2.24) is 10.2 Å². The molecule has 0 spiro atoms.